The average molecular weight is 382 g/mol. The van der Waals surface area contributed by atoms with Crippen LogP contribution < -0.4 is 10.6 Å². The quantitative estimate of drug-likeness (QED) is 0.577. The van der Waals surface area contributed by atoms with Crippen molar-refractivity contribution in [2.24, 2.45) is 0 Å². The predicted octanol–water partition coefficient (Wildman–Crippen LogP) is 1.40. The van der Waals surface area contributed by atoms with Gasteiger partial charge in [0, 0.05) is 11.1 Å². The maximum Gasteiger partial charge on any atom is 0.357 e. The Hall–Kier alpha value is -3.94. The van der Waals surface area contributed by atoms with E-state index in [9.17, 15) is 19.2 Å². The Bertz CT molecular complexity index is 831. The number of methoxy groups -OCH3 is 2. The van der Waals surface area contributed by atoms with Crippen molar-refractivity contribution in [3.05, 3.63) is 83.2 Å². The Balaban J connectivity index is 2.43. The lowest BCUT2D eigenvalue weighted by Gasteiger charge is -2.14. The first kappa shape index (κ1) is 20.4. The number of amides is 2. The number of carbonyl (C=O) groups is 4. The molecule has 0 fully saturated rings. The number of carbonyl (C=O) groups excluding carboxylic acids is 4. The Morgan fingerprint density at radius 1 is 0.607 bits per heavy atom. The summed E-state index contributed by atoms with van der Waals surface area (Å²) in [5.41, 5.74) is -0.620. The fraction of sp³-hybridized carbons (Fsp3) is 0.100. The van der Waals surface area contributed by atoms with E-state index in [4.69, 9.17) is 0 Å². The van der Waals surface area contributed by atoms with E-state index < -0.39 is 35.1 Å². The van der Waals surface area contributed by atoms with Crippen LogP contribution in [-0.4, -0.2) is 38.0 Å². The fourth-order valence-corrected chi connectivity index (χ4v) is 2.19. The fourth-order valence-electron chi connectivity index (χ4n) is 2.19. The number of rotatable bonds is 6. The molecule has 0 aliphatic heterocycles. The SMILES string of the molecule is COC(=O)/C(NC(=O)c1ccccc1)=C(\NC(=O)c1ccccc1)C(=O)OC. The summed E-state index contributed by atoms with van der Waals surface area (Å²) in [5.74, 6) is -3.40. The molecule has 8 nitrogen and oxygen atoms in total. The highest BCUT2D eigenvalue weighted by Crippen LogP contribution is 2.09. The van der Waals surface area contributed by atoms with Crippen LogP contribution in [0.4, 0.5) is 0 Å². The van der Waals surface area contributed by atoms with Crippen molar-refractivity contribution < 1.29 is 28.7 Å². The Kier molecular flexibility index (Phi) is 7.04. The molecule has 0 aliphatic carbocycles. The molecule has 28 heavy (non-hydrogen) atoms. The van der Waals surface area contributed by atoms with Crippen LogP contribution in [0.25, 0.3) is 0 Å². The van der Waals surface area contributed by atoms with Crippen molar-refractivity contribution >= 4 is 23.8 Å². The van der Waals surface area contributed by atoms with Crippen LogP contribution in [0.5, 0.6) is 0 Å². The van der Waals surface area contributed by atoms with Gasteiger partial charge in [-0.1, -0.05) is 36.4 Å². The third-order valence-electron chi connectivity index (χ3n) is 3.58. The van der Waals surface area contributed by atoms with Gasteiger partial charge >= 0.3 is 11.9 Å². The molecule has 144 valence electrons. The molecule has 0 spiro atoms. The summed E-state index contributed by atoms with van der Waals surface area (Å²) in [6.45, 7) is 0. The second kappa shape index (κ2) is 9.67. The van der Waals surface area contributed by atoms with Gasteiger partial charge in [0.25, 0.3) is 11.8 Å². The first-order valence-electron chi connectivity index (χ1n) is 8.11. The highest BCUT2D eigenvalue weighted by Gasteiger charge is 2.27. The second-order valence-electron chi connectivity index (χ2n) is 5.37. The van der Waals surface area contributed by atoms with Gasteiger partial charge < -0.3 is 20.1 Å². The predicted molar refractivity (Wildman–Crippen MR) is 98.9 cm³/mol. The molecular weight excluding hydrogens is 364 g/mol. The van der Waals surface area contributed by atoms with E-state index in [1.54, 1.807) is 36.4 Å². The summed E-state index contributed by atoms with van der Waals surface area (Å²) < 4.78 is 9.28. The van der Waals surface area contributed by atoms with Crippen LogP contribution in [0.2, 0.25) is 0 Å². The van der Waals surface area contributed by atoms with Gasteiger partial charge in [-0.05, 0) is 24.3 Å². The molecule has 0 unspecified atom stereocenters. The second-order valence-corrected chi connectivity index (χ2v) is 5.37. The van der Waals surface area contributed by atoms with Crippen LogP contribution in [-0.2, 0) is 19.1 Å². The van der Waals surface area contributed by atoms with Gasteiger partial charge in [0.2, 0.25) is 0 Å². The zero-order valence-electron chi connectivity index (χ0n) is 15.2. The molecule has 2 N–H and O–H groups in total. The zero-order chi connectivity index (χ0) is 20.5. The first-order valence-corrected chi connectivity index (χ1v) is 8.11. The lowest BCUT2D eigenvalue weighted by atomic mass is 10.2. The normalized spacial score (nSPS) is 10.9. The average Bonchev–Trinajstić information content (AvgIpc) is 2.75. The minimum absolute atomic E-state index is 0.238. The molecule has 2 aromatic rings. The van der Waals surface area contributed by atoms with E-state index in [0.717, 1.165) is 14.2 Å². The van der Waals surface area contributed by atoms with Crippen molar-refractivity contribution in [1.29, 1.82) is 0 Å². The molecule has 0 heterocycles. The van der Waals surface area contributed by atoms with Crippen molar-refractivity contribution in [3.63, 3.8) is 0 Å². The lowest BCUT2D eigenvalue weighted by molar-refractivity contribution is -0.139. The molecule has 8 heteroatoms. The summed E-state index contributed by atoms with van der Waals surface area (Å²) >= 11 is 0. The maximum absolute atomic E-state index is 12.4. The minimum Gasteiger partial charge on any atom is -0.464 e. The number of ether oxygens (including phenoxy) is 2. The summed E-state index contributed by atoms with van der Waals surface area (Å²) in [6, 6.07) is 16.0. The summed E-state index contributed by atoms with van der Waals surface area (Å²) in [4.78, 5) is 49.3. The van der Waals surface area contributed by atoms with E-state index in [2.05, 4.69) is 20.1 Å². The van der Waals surface area contributed by atoms with Gasteiger partial charge in [-0.3, -0.25) is 9.59 Å². The lowest BCUT2D eigenvalue weighted by Crippen LogP contribution is -2.37. The van der Waals surface area contributed by atoms with Gasteiger partial charge in [0.15, 0.2) is 11.4 Å². The van der Waals surface area contributed by atoms with Crippen LogP contribution in [0, 0.1) is 0 Å². The Morgan fingerprint density at radius 2 is 0.929 bits per heavy atom. The van der Waals surface area contributed by atoms with E-state index in [-0.39, 0.29) is 11.1 Å². The first-order chi connectivity index (χ1) is 13.5. The maximum atomic E-state index is 12.4. The molecule has 2 aromatic carbocycles. The van der Waals surface area contributed by atoms with E-state index >= 15 is 0 Å². The van der Waals surface area contributed by atoms with Gasteiger partial charge in [0.1, 0.15) is 0 Å². The standard InChI is InChI=1S/C20H18N2O6/c1-27-19(25)15(21-17(23)13-9-5-3-6-10-13)16(20(26)28-2)22-18(24)14-11-7-4-8-12-14/h3-12H,1-2H3,(H,21,23)(H,22,24)/b16-15+. The molecule has 0 atom stereocenters. The van der Waals surface area contributed by atoms with Crippen molar-refractivity contribution in [1.82, 2.24) is 10.6 Å². The smallest absolute Gasteiger partial charge is 0.357 e. The number of nitrogens with one attached hydrogen (secondary N) is 2. The van der Waals surface area contributed by atoms with Gasteiger partial charge in [-0.15, -0.1) is 0 Å². The zero-order valence-corrected chi connectivity index (χ0v) is 15.2. The molecule has 0 aliphatic rings. The minimum atomic E-state index is -1.03. The van der Waals surface area contributed by atoms with Gasteiger partial charge in [-0.25, -0.2) is 9.59 Å². The highest BCUT2D eigenvalue weighted by atomic mass is 16.5. The number of hydrogen-bond acceptors (Lipinski definition) is 6. The highest BCUT2D eigenvalue weighted by molar-refractivity contribution is 6.08. The topological polar surface area (TPSA) is 111 Å². The Labute approximate surface area is 161 Å². The number of hydrogen-bond donors (Lipinski definition) is 2. The van der Waals surface area contributed by atoms with Crippen LogP contribution in [0.15, 0.2) is 72.1 Å². The van der Waals surface area contributed by atoms with E-state index in [1.807, 2.05) is 0 Å². The van der Waals surface area contributed by atoms with E-state index in [1.165, 1.54) is 24.3 Å². The largest absolute Gasteiger partial charge is 0.464 e. The van der Waals surface area contributed by atoms with Crippen LogP contribution in [0.3, 0.4) is 0 Å². The summed E-state index contributed by atoms with van der Waals surface area (Å²) in [7, 11) is 2.15. The third kappa shape index (κ3) is 5.04. The van der Waals surface area contributed by atoms with Crippen molar-refractivity contribution in [2.45, 2.75) is 0 Å². The monoisotopic (exact) mass is 382 g/mol. The van der Waals surface area contributed by atoms with E-state index in [0.29, 0.717) is 0 Å². The molecule has 0 aromatic heterocycles. The summed E-state index contributed by atoms with van der Waals surface area (Å²) in [6.07, 6.45) is 0. The molecule has 2 amide bonds. The molecule has 0 saturated heterocycles. The molecule has 0 saturated carbocycles. The van der Waals surface area contributed by atoms with Crippen LogP contribution in [0.1, 0.15) is 20.7 Å². The van der Waals surface area contributed by atoms with Crippen molar-refractivity contribution in [3.8, 4) is 0 Å². The van der Waals surface area contributed by atoms with Gasteiger partial charge in [-0.2, -0.15) is 0 Å². The number of benzene rings is 2. The molecular formula is C20H18N2O6. The Morgan fingerprint density at radius 3 is 1.21 bits per heavy atom. The van der Waals surface area contributed by atoms with Crippen LogP contribution >= 0.6 is 0 Å². The molecule has 2 rings (SSSR count). The molecule has 0 bridgehead atoms. The molecule has 0 radical (unpaired) electrons. The summed E-state index contributed by atoms with van der Waals surface area (Å²) in [5, 5.41) is 4.61. The van der Waals surface area contributed by atoms with Crippen molar-refractivity contribution in [2.75, 3.05) is 14.2 Å². The third-order valence-corrected chi connectivity index (χ3v) is 3.58. The van der Waals surface area contributed by atoms with Gasteiger partial charge in [0.05, 0.1) is 14.2 Å². The number of esters is 2.